The van der Waals surface area contributed by atoms with E-state index in [4.69, 9.17) is 0 Å². The van der Waals surface area contributed by atoms with Crippen LogP contribution in [-0.4, -0.2) is 6.54 Å². The number of allylic oxidation sites excluding steroid dienone is 2. The third kappa shape index (κ3) is 1.18. The molecule has 2 heteroatoms. The molecular formula is C6H9NO. The molecule has 0 aromatic rings. The van der Waals surface area contributed by atoms with E-state index >= 15 is 0 Å². The predicted molar refractivity (Wildman–Crippen MR) is 32.1 cm³/mol. The molecule has 0 fully saturated rings. The van der Waals surface area contributed by atoms with E-state index in [9.17, 15) is 5.21 Å². The first-order valence-electron chi connectivity index (χ1n) is 2.67. The van der Waals surface area contributed by atoms with E-state index < -0.39 is 0 Å². The minimum absolute atomic E-state index is 0.213. The largest absolute Gasteiger partial charge is 0.629 e. The number of hydrogen-bond acceptors (Lipinski definition) is 1. The summed E-state index contributed by atoms with van der Waals surface area (Å²) in [6, 6.07) is 0. The van der Waals surface area contributed by atoms with Gasteiger partial charge in [0, 0.05) is 5.57 Å². The lowest BCUT2D eigenvalue weighted by Gasteiger charge is -2.18. The van der Waals surface area contributed by atoms with Crippen molar-refractivity contribution in [3.8, 4) is 0 Å². The van der Waals surface area contributed by atoms with Crippen LogP contribution in [0.25, 0.3) is 0 Å². The molecule has 0 radical (unpaired) electrons. The summed E-state index contributed by atoms with van der Waals surface area (Å²) in [5, 5.41) is 10.8. The van der Waals surface area contributed by atoms with Crippen molar-refractivity contribution in [2.75, 3.05) is 6.54 Å². The molecule has 2 nitrogen and oxygen atoms in total. The van der Waals surface area contributed by atoms with Gasteiger partial charge in [0.1, 0.15) is 6.54 Å². The van der Waals surface area contributed by atoms with Crippen molar-refractivity contribution in [3.05, 3.63) is 29.1 Å². The highest BCUT2D eigenvalue weighted by Gasteiger charge is 1.94. The third-order valence-corrected chi connectivity index (χ3v) is 1.09. The average Bonchev–Trinajstić information content (AvgIpc) is 1.64. The van der Waals surface area contributed by atoms with Crippen molar-refractivity contribution >= 4 is 0 Å². The molecule has 0 saturated carbocycles. The van der Waals surface area contributed by atoms with Crippen LogP contribution in [0, 0.1) is 5.21 Å². The van der Waals surface area contributed by atoms with E-state index in [0.717, 1.165) is 5.57 Å². The Morgan fingerprint density at radius 3 is 2.88 bits per heavy atom. The average molecular weight is 111 g/mol. The first-order valence-corrected chi connectivity index (χ1v) is 2.67. The van der Waals surface area contributed by atoms with Gasteiger partial charge in [-0.3, -0.25) is 0 Å². The molecule has 0 amide bonds. The van der Waals surface area contributed by atoms with Crippen molar-refractivity contribution in [3.63, 3.8) is 0 Å². The molecule has 8 heavy (non-hydrogen) atoms. The van der Waals surface area contributed by atoms with Crippen molar-refractivity contribution in [1.29, 1.82) is 0 Å². The molecule has 1 aliphatic heterocycles. The predicted octanol–water partition coefficient (Wildman–Crippen LogP) is -0.157. The van der Waals surface area contributed by atoms with Gasteiger partial charge in [-0.15, -0.1) is 0 Å². The van der Waals surface area contributed by atoms with Gasteiger partial charge in [0.2, 0.25) is 0 Å². The summed E-state index contributed by atoms with van der Waals surface area (Å²) < 4.78 is 0. The van der Waals surface area contributed by atoms with E-state index in [0.29, 0.717) is 6.54 Å². The molecule has 1 atom stereocenters. The highest BCUT2D eigenvalue weighted by molar-refractivity contribution is 5.14. The first-order chi connectivity index (χ1) is 3.79. The number of hydrogen-bond donors (Lipinski definition) is 1. The van der Waals surface area contributed by atoms with Gasteiger partial charge in [0.05, 0.1) is 6.20 Å². The number of rotatable bonds is 0. The van der Waals surface area contributed by atoms with Crippen LogP contribution in [0.1, 0.15) is 6.92 Å². The standard InChI is InChI=1S/C6H9NO/c1-6-3-2-4-7(8)5-6/h2-3,5,7H,4H2,1H3. The fourth-order valence-corrected chi connectivity index (χ4v) is 0.722. The zero-order valence-corrected chi connectivity index (χ0v) is 4.85. The Labute approximate surface area is 48.7 Å². The molecule has 1 N–H and O–H groups in total. The van der Waals surface area contributed by atoms with Gasteiger partial charge in [-0.2, -0.15) is 0 Å². The van der Waals surface area contributed by atoms with Crippen LogP contribution in [-0.2, 0) is 0 Å². The van der Waals surface area contributed by atoms with Gasteiger partial charge < -0.3 is 10.3 Å². The quantitative estimate of drug-likeness (QED) is 0.432. The first kappa shape index (κ1) is 5.54. The summed E-state index contributed by atoms with van der Waals surface area (Å²) >= 11 is 0. The van der Waals surface area contributed by atoms with Gasteiger partial charge in [-0.05, 0) is 13.0 Å². The molecule has 0 saturated heterocycles. The van der Waals surface area contributed by atoms with Crippen molar-refractivity contribution in [2.45, 2.75) is 6.92 Å². The van der Waals surface area contributed by atoms with Crippen LogP contribution >= 0.6 is 0 Å². The normalized spacial score (nSPS) is 27.8. The lowest BCUT2D eigenvalue weighted by molar-refractivity contribution is -0.785. The van der Waals surface area contributed by atoms with E-state index in [1.807, 2.05) is 19.1 Å². The Bertz CT molecular complexity index is 137. The molecule has 1 rings (SSSR count). The molecular weight excluding hydrogens is 102 g/mol. The summed E-state index contributed by atoms with van der Waals surface area (Å²) in [5.74, 6) is 0. The highest BCUT2D eigenvalue weighted by atomic mass is 16.5. The Kier molecular flexibility index (Phi) is 1.46. The van der Waals surface area contributed by atoms with Crippen molar-refractivity contribution < 1.29 is 5.06 Å². The van der Waals surface area contributed by atoms with Gasteiger partial charge >= 0.3 is 0 Å². The van der Waals surface area contributed by atoms with Gasteiger partial charge in [-0.25, -0.2) is 0 Å². The van der Waals surface area contributed by atoms with Crippen LogP contribution in [0.4, 0.5) is 0 Å². The minimum Gasteiger partial charge on any atom is -0.629 e. The topological polar surface area (TPSA) is 27.5 Å². The van der Waals surface area contributed by atoms with Gasteiger partial charge in [-0.1, -0.05) is 6.08 Å². The Balaban J connectivity index is 2.63. The monoisotopic (exact) mass is 111 g/mol. The molecule has 0 aromatic carbocycles. The van der Waals surface area contributed by atoms with Gasteiger partial charge in [0.15, 0.2) is 0 Å². The SMILES string of the molecule is CC1=C[NH+]([O-])CC=C1. The molecule has 1 unspecified atom stereocenters. The second-order valence-electron chi connectivity index (χ2n) is 1.96. The Hall–Kier alpha value is -0.600. The van der Waals surface area contributed by atoms with E-state index in [1.165, 1.54) is 0 Å². The zero-order chi connectivity index (χ0) is 5.98. The summed E-state index contributed by atoms with van der Waals surface area (Å²) in [7, 11) is 0. The smallest absolute Gasteiger partial charge is 0.100 e. The molecule has 0 aliphatic carbocycles. The van der Waals surface area contributed by atoms with Crippen LogP contribution in [0.3, 0.4) is 0 Å². The number of hydroxylamine groups is 2. The van der Waals surface area contributed by atoms with E-state index in [2.05, 4.69) is 0 Å². The fraction of sp³-hybridized carbons (Fsp3) is 0.333. The minimum atomic E-state index is 0.213. The lowest BCUT2D eigenvalue weighted by Crippen LogP contribution is -3.02. The van der Waals surface area contributed by atoms with Gasteiger partial charge in [0.25, 0.3) is 0 Å². The summed E-state index contributed by atoms with van der Waals surface area (Å²) in [4.78, 5) is 0. The van der Waals surface area contributed by atoms with Crippen LogP contribution in [0.5, 0.6) is 0 Å². The van der Waals surface area contributed by atoms with E-state index in [1.54, 1.807) is 6.20 Å². The lowest BCUT2D eigenvalue weighted by atomic mass is 10.2. The fourth-order valence-electron chi connectivity index (χ4n) is 0.722. The second kappa shape index (κ2) is 2.11. The molecule has 0 bridgehead atoms. The van der Waals surface area contributed by atoms with E-state index in [-0.39, 0.29) is 5.06 Å². The Morgan fingerprint density at radius 1 is 1.75 bits per heavy atom. The summed E-state index contributed by atoms with van der Waals surface area (Å²) in [6.07, 6.45) is 5.51. The zero-order valence-electron chi connectivity index (χ0n) is 4.85. The maximum atomic E-state index is 10.5. The van der Waals surface area contributed by atoms with Crippen molar-refractivity contribution in [2.24, 2.45) is 0 Å². The molecule has 44 valence electrons. The van der Waals surface area contributed by atoms with Crippen LogP contribution in [0.15, 0.2) is 23.9 Å². The van der Waals surface area contributed by atoms with Crippen LogP contribution in [0.2, 0.25) is 0 Å². The number of quaternary nitrogens is 1. The molecule has 1 heterocycles. The molecule has 0 aromatic heterocycles. The van der Waals surface area contributed by atoms with Crippen LogP contribution < -0.4 is 5.06 Å². The molecule has 0 spiro atoms. The highest BCUT2D eigenvalue weighted by Crippen LogP contribution is 1.91. The molecule has 1 aliphatic rings. The third-order valence-electron chi connectivity index (χ3n) is 1.09. The second-order valence-corrected chi connectivity index (χ2v) is 1.96. The van der Waals surface area contributed by atoms with Crippen molar-refractivity contribution in [1.82, 2.24) is 0 Å². The summed E-state index contributed by atoms with van der Waals surface area (Å²) in [5.41, 5.74) is 1.06. The Morgan fingerprint density at radius 2 is 2.50 bits per heavy atom. The summed E-state index contributed by atoms with van der Waals surface area (Å²) in [6.45, 7) is 2.50. The maximum Gasteiger partial charge on any atom is 0.100 e. The maximum absolute atomic E-state index is 10.5. The number of nitrogens with one attached hydrogen (secondary N) is 1.